The van der Waals surface area contributed by atoms with Gasteiger partial charge in [0.2, 0.25) is 5.91 Å². The SMILES string of the molecule is O=C(NCc1ccc2c(c1)OCCO2)C1CCCN1. The minimum absolute atomic E-state index is 0.0304. The molecule has 1 unspecified atom stereocenters. The van der Waals surface area contributed by atoms with Gasteiger partial charge >= 0.3 is 0 Å². The van der Waals surface area contributed by atoms with Crippen LogP contribution in [-0.4, -0.2) is 31.7 Å². The number of benzene rings is 1. The molecule has 0 spiro atoms. The maximum atomic E-state index is 11.9. The summed E-state index contributed by atoms with van der Waals surface area (Å²) in [5, 5.41) is 6.14. The lowest BCUT2D eigenvalue weighted by Gasteiger charge is -2.19. The van der Waals surface area contributed by atoms with Crippen molar-refractivity contribution in [1.29, 1.82) is 0 Å². The number of rotatable bonds is 3. The highest BCUT2D eigenvalue weighted by Crippen LogP contribution is 2.30. The molecule has 1 aromatic carbocycles. The molecule has 2 N–H and O–H groups in total. The predicted octanol–water partition coefficient (Wildman–Crippen LogP) is 0.826. The Morgan fingerprint density at radius 2 is 2.16 bits per heavy atom. The molecule has 2 aliphatic heterocycles. The Kier molecular flexibility index (Phi) is 3.55. The number of hydrogen-bond donors (Lipinski definition) is 2. The number of ether oxygens (including phenoxy) is 2. The van der Waals surface area contributed by atoms with Gasteiger partial charge in [0.1, 0.15) is 13.2 Å². The number of fused-ring (bicyclic) bond motifs is 1. The van der Waals surface area contributed by atoms with Crippen molar-refractivity contribution in [2.24, 2.45) is 0 Å². The molecule has 5 nitrogen and oxygen atoms in total. The standard InChI is InChI=1S/C14H18N2O3/c17-14(11-2-1-5-15-11)16-9-10-3-4-12-13(8-10)19-7-6-18-12/h3-4,8,11,15H,1-2,5-7,9H2,(H,16,17). The van der Waals surface area contributed by atoms with E-state index in [1.807, 2.05) is 18.2 Å². The monoisotopic (exact) mass is 262 g/mol. The van der Waals surface area contributed by atoms with Crippen LogP contribution in [0.15, 0.2) is 18.2 Å². The van der Waals surface area contributed by atoms with Gasteiger partial charge in [-0.1, -0.05) is 6.07 Å². The summed E-state index contributed by atoms with van der Waals surface area (Å²) >= 11 is 0. The fourth-order valence-corrected chi connectivity index (χ4v) is 2.42. The van der Waals surface area contributed by atoms with Gasteiger partial charge in [0.05, 0.1) is 6.04 Å². The molecule has 1 amide bonds. The molecule has 2 heterocycles. The second-order valence-corrected chi connectivity index (χ2v) is 4.84. The molecule has 1 fully saturated rings. The number of carbonyl (C=O) groups excluding carboxylic acids is 1. The van der Waals surface area contributed by atoms with E-state index in [2.05, 4.69) is 10.6 Å². The first-order valence-corrected chi connectivity index (χ1v) is 6.72. The van der Waals surface area contributed by atoms with Crippen LogP contribution in [0.4, 0.5) is 0 Å². The summed E-state index contributed by atoms with van der Waals surface area (Å²) in [6.07, 6.45) is 2.00. The summed E-state index contributed by atoms with van der Waals surface area (Å²) in [5.74, 6) is 1.61. The fraction of sp³-hybridized carbons (Fsp3) is 0.500. The zero-order valence-electron chi connectivity index (χ0n) is 10.8. The molecule has 0 saturated carbocycles. The highest BCUT2D eigenvalue weighted by atomic mass is 16.6. The van der Waals surface area contributed by atoms with Gasteiger partial charge in [-0.25, -0.2) is 0 Å². The molecule has 3 rings (SSSR count). The molecular formula is C14H18N2O3. The third-order valence-corrected chi connectivity index (χ3v) is 3.45. The summed E-state index contributed by atoms with van der Waals surface area (Å²) in [5.41, 5.74) is 1.02. The number of hydrogen-bond acceptors (Lipinski definition) is 4. The smallest absolute Gasteiger partial charge is 0.237 e. The van der Waals surface area contributed by atoms with Crippen LogP contribution >= 0.6 is 0 Å². The van der Waals surface area contributed by atoms with E-state index in [1.54, 1.807) is 0 Å². The Balaban J connectivity index is 1.59. The Labute approximate surface area is 112 Å². The van der Waals surface area contributed by atoms with Gasteiger partial charge in [-0.15, -0.1) is 0 Å². The molecule has 1 aromatic rings. The van der Waals surface area contributed by atoms with Crippen molar-refractivity contribution < 1.29 is 14.3 Å². The van der Waals surface area contributed by atoms with Crippen molar-refractivity contribution in [3.05, 3.63) is 23.8 Å². The molecule has 0 aliphatic carbocycles. The third-order valence-electron chi connectivity index (χ3n) is 3.45. The minimum atomic E-state index is -0.0304. The molecule has 2 aliphatic rings. The first-order valence-electron chi connectivity index (χ1n) is 6.72. The van der Waals surface area contributed by atoms with Crippen LogP contribution in [0.3, 0.4) is 0 Å². The van der Waals surface area contributed by atoms with Gasteiger partial charge in [0.25, 0.3) is 0 Å². The topological polar surface area (TPSA) is 59.6 Å². The van der Waals surface area contributed by atoms with E-state index in [9.17, 15) is 4.79 Å². The summed E-state index contributed by atoms with van der Waals surface area (Å²) in [6, 6.07) is 5.74. The summed E-state index contributed by atoms with van der Waals surface area (Å²) in [7, 11) is 0. The highest BCUT2D eigenvalue weighted by Gasteiger charge is 2.21. The van der Waals surface area contributed by atoms with Gasteiger partial charge in [0.15, 0.2) is 11.5 Å². The highest BCUT2D eigenvalue weighted by molar-refractivity contribution is 5.82. The minimum Gasteiger partial charge on any atom is -0.486 e. The van der Waals surface area contributed by atoms with E-state index in [1.165, 1.54) is 0 Å². The van der Waals surface area contributed by atoms with Crippen molar-refractivity contribution in [3.8, 4) is 11.5 Å². The van der Waals surface area contributed by atoms with Crippen molar-refractivity contribution >= 4 is 5.91 Å². The molecule has 102 valence electrons. The zero-order chi connectivity index (χ0) is 13.1. The van der Waals surface area contributed by atoms with Gasteiger partial charge in [-0.2, -0.15) is 0 Å². The normalized spacial score (nSPS) is 21.2. The first kappa shape index (κ1) is 12.3. The van der Waals surface area contributed by atoms with Gasteiger partial charge in [-0.3, -0.25) is 4.79 Å². The van der Waals surface area contributed by atoms with Crippen LogP contribution in [0.2, 0.25) is 0 Å². The summed E-state index contributed by atoms with van der Waals surface area (Å²) < 4.78 is 11.0. The number of carbonyl (C=O) groups is 1. The van der Waals surface area contributed by atoms with Gasteiger partial charge < -0.3 is 20.1 Å². The molecule has 0 radical (unpaired) electrons. The molecule has 1 saturated heterocycles. The van der Waals surface area contributed by atoms with Crippen LogP contribution < -0.4 is 20.1 Å². The molecular weight excluding hydrogens is 244 g/mol. The van der Waals surface area contributed by atoms with E-state index in [4.69, 9.17) is 9.47 Å². The van der Waals surface area contributed by atoms with Crippen LogP contribution in [-0.2, 0) is 11.3 Å². The third kappa shape index (κ3) is 2.81. The van der Waals surface area contributed by atoms with Crippen LogP contribution in [0.5, 0.6) is 11.5 Å². The summed E-state index contributed by atoms with van der Waals surface area (Å²) in [6.45, 7) is 2.63. The summed E-state index contributed by atoms with van der Waals surface area (Å²) in [4.78, 5) is 11.9. The van der Waals surface area contributed by atoms with Crippen LogP contribution in [0, 0.1) is 0 Å². The Morgan fingerprint density at radius 3 is 2.95 bits per heavy atom. The lowest BCUT2D eigenvalue weighted by molar-refractivity contribution is -0.122. The molecule has 1 atom stereocenters. The Hall–Kier alpha value is -1.75. The predicted molar refractivity (Wildman–Crippen MR) is 70.3 cm³/mol. The van der Waals surface area contributed by atoms with E-state index < -0.39 is 0 Å². The van der Waals surface area contributed by atoms with E-state index in [0.717, 1.165) is 36.4 Å². The first-order chi connectivity index (χ1) is 9.33. The lowest BCUT2D eigenvalue weighted by atomic mass is 10.1. The van der Waals surface area contributed by atoms with Crippen LogP contribution in [0.25, 0.3) is 0 Å². The van der Waals surface area contributed by atoms with Crippen LogP contribution in [0.1, 0.15) is 18.4 Å². The van der Waals surface area contributed by atoms with Gasteiger partial charge in [-0.05, 0) is 37.1 Å². The lowest BCUT2D eigenvalue weighted by Crippen LogP contribution is -2.40. The number of amides is 1. The average molecular weight is 262 g/mol. The molecule has 19 heavy (non-hydrogen) atoms. The second kappa shape index (κ2) is 5.48. The molecule has 0 bridgehead atoms. The van der Waals surface area contributed by atoms with E-state index in [-0.39, 0.29) is 11.9 Å². The second-order valence-electron chi connectivity index (χ2n) is 4.84. The fourth-order valence-electron chi connectivity index (χ4n) is 2.42. The van der Waals surface area contributed by atoms with Crippen molar-refractivity contribution in [1.82, 2.24) is 10.6 Å². The average Bonchev–Trinajstić information content (AvgIpc) is 2.99. The van der Waals surface area contributed by atoms with Crippen molar-refractivity contribution in [2.75, 3.05) is 19.8 Å². The number of nitrogens with one attached hydrogen (secondary N) is 2. The largest absolute Gasteiger partial charge is 0.486 e. The quantitative estimate of drug-likeness (QED) is 0.847. The van der Waals surface area contributed by atoms with E-state index >= 15 is 0 Å². The maximum Gasteiger partial charge on any atom is 0.237 e. The Bertz CT molecular complexity index is 470. The zero-order valence-corrected chi connectivity index (χ0v) is 10.8. The van der Waals surface area contributed by atoms with Crippen molar-refractivity contribution in [3.63, 3.8) is 0 Å². The maximum absolute atomic E-state index is 11.9. The van der Waals surface area contributed by atoms with Crippen molar-refractivity contribution in [2.45, 2.75) is 25.4 Å². The molecule has 0 aromatic heterocycles. The molecule has 5 heteroatoms. The van der Waals surface area contributed by atoms with E-state index in [0.29, 0.717) is 19.8 Å². The van der Waals surface area contributed by atoms with Gasteiger partial charge in [0, 0.05) is 6.54 Å². The Morgan fingerprint density at radius 1 is 1.32 bits per heavy atom.